The highest BCUT2D eigenvalue weighted by Crippen LogP contribution is 2.31. The van der Waals surface area contributed by atoms with Crippen molar-refractivity contribution in [2.24, 2.45) is 5.10 Å². The summed E-state index contributed by atoms with van der Waals surface area (Å²) < 4.78 is 3.85. The Kier molecular flexibility index (Phi) is 6.87. The van der Waals surface area contributed by atoms with Crippen molar-refractivity contribution in [3.8, 4) is 11.1 Å². The number of rotatable bonds is 7. The Morgan fingerprint density at radius 1 is 1.00 bits per heavy atom. The van der Waals surface area contributed by atoms with Crippen LogP contribution in [0.25, 0.3) is 16.8 Å². The summed E-state index contributed by atoms with van der Waals surface area (Å²) in [7, 11) is 0. The van der Waals surface area contributed by atoms with E-state index in [-0.39, 0.29) is 30.0 Å². The number of carbonyl (C=O) groups is 1. The highest BCUT2D eigenvalue weighted by molar-refractivity contribution is 6.16. The van der Waals surface area contributed by atoms with Gasteiger partial charge in [-0.05, 0) is 54.9 Å². The van der Waals surface area contributed by atoms with Gasteiger partial charge in [-0.25, -0.2) is 9.94 Å². The molecule has 2 aromatic heterocycles. The van der Waals surface area contributed by atoms with E-state index in [2.05, 4.69) is 40.7 Å². The first-order chi connectivity index (χ1) is 19.0. The normalized spacial score (nSPS) is 19.3. The van der Waals surface area contributed by atoms with Crippen LogP contribution >= 0.6 is 0 Å². The summed E-state index contributed by atoms with van der Waals surface area (Å²) in [5.74, 6) is -0.121. The maximum Gasteiger partial charge on any atom is 0.257 e. The van der Waals surface area contributed by atoms with Crippen molar-refractivity contribution in [2.45, 2.75) is 70.4 Å². The predicted octanol–water partition coefficient (Wildman–Crippen LogP) is 4.41. The van der Waals surface area contributed by atoms with Gasteiger partial charge in [0.1, 0.15) is 5.65 Å². The zero-order valence-corrected chi connectivity index (χ0v) is 22.1. The number of aliphatic hydroxyl groups excluding tert-OH is 1. The van der Waals surface area contributed by atoms with E-state index in [9.17, 15) is 14.7 Å². The first-order valence-electron chi connectivity index (χ1n) is 13.9. The Hall–Kier alpha value is -4.04. The molecule has 8 heteroatoms. The van der Waals surface area contributed by atoms with Crippen molar-refractivity contribution in [1.29, 1.82) is 0 Å². The largest absolute Gasteiger partial charge is 0.393 e. The molecule has 200 valence electrons. The number of aryl methyl sites for hydroxylation is 1. The quantitative estimate of drug-likeness (QED) is 0.375. The Balaban J connectivity index is 1.47. The molecule has 1 saturated carbocycles. The molecular formula is C31H33N5O3. The topological polar surface area (TPSA) is 101 Å². The number of hydrogen-bond acceptors (Lipinski definition) is 5. The molecule has 0 saturated heterocycles. The molecule has 39 heavy (non-hydrogen) atoms. The lowest BCUT2D eigenvalue weighted by Crippen LogP contribution is -2.34. The minimum atomic E-state index is -0.293. The van der Waals surface area contributed by atoms with Crippen LogP contribution in [0.1, 0.15) is 73.9 Å². The van der Waals surface area contributed by atoms with Gasteiger partial charge in [0.15, 0.2) is 0 Å². The third-order valence-electron chi connectivity index (χ3n) is 7.97. The van der Waals surface area contributed by atoms with Gasteiger partial charge in [-0.1, -0.05) is 55.8 Å². The summed E-state index contributed by atoms with van der Waals surface area (Å²) >= 11 is 0. The second kappa shape index (κ2) is 10.6. The van der Waals surface area contributed by atoms with Crippen LogP contribution in [0, 0.1) is 0 Å². The molecule has 0 unspecified atom stereocenters. The van der Waals surface area contributed by atoms with Gasteiger partial charge in [-0.3, -0.25) is 14.2 Å². The van der Waals surface area contributed by atoms with Gasteiger partial charge < -0.3 is 5.11 Å². The summed E-state index contributed by atoms with van der Waals surface area (Å²) in [5, 5.41) is 19.0. The minimum Gasteiger partial charge on any atom is -0.393 e. The van der Waals surface area contributed by atoms with Crippen molar-refractivity contribution in [3.63, 3.8) is 0 Å². The van der Waals surface area contributed by atoms with Crippen LogP contribution in [-0.4, -0.2) is 37.0 Å². The SMILES string of the molecule is CCCc1c(Cc2ccc(-c3ccccc3)c(C3=NNC(=O)C3)c2)c(=O)n(C2CCC(O)CC2)c2ccnn12. The highest BCUT2D eigenvalue weighted by atomic mass is 16.3. The number of benzene rings is 2. The van der Waals surface area contributed by atoms with Crippen molar-refractivity contribution >= 4 is 17.3 Å². The van der Waals surface area contributed by atoms with Crippen LogP contribution in [0.15, 0.2) is 70.7 Å². The Labute approximate surface area is 227 Å². The fraction of sp³-hybridized carbons (Fsp3) is 0.355. The minimum absolute atomic E-state index is 0.0246. The molecule has 3 heterocycles. The molecule has 0 atom stereocenters. The predicted molar refractivity (Wildman–Crippen MR) is 151 cm³/mol. The van der Waals surface area contributed by atoms with E-state index in [1.54, 1.807) is 6.20 Å². The molecule has 4 aromatic rings. The molecule has 0 spiro atoms. The first-order valence-corrected chi connectivity index (χ1v) is 13.9. The van der Waals surface area contributed by atoms with E-state index in [0.717, 1.165) is 64.8 Å². The second-order valence-electron chi connectivity index (χ2n) is 10.6. The van der Waals surface area contributed by atoms with Crippen LogP contribution in [0.4, 0.5) is 0 Å². The summed E-state index contributed by atoms with van der Waals surface area (Å²) in [6.07, 6.45) is 6.72. The van der Waals surface area contributed by atoms with Crippen molar-refractivity contribution in [1.82, 2.24) is 19.6 Å². The molecule has 2 aromatic carbocycles. The van der Waals surface area contributed by atoms with Gasteiger partial charge in [-0.2, -0.15) is 10.2 Å². The van der Waals surface area contributed by atoms with Crippen LogP contribution in [-0.2, 0) is 17.6 Å². The lowest BCUT2D eigenvalue weighted by molar-refractivity contribution is -0.119. The van der Waals surface area contributed by atoms with E-state index < -0.39 is 0 Å². The summed E-state index contributed by atoms with van der Waals surface area (Å²) in [6, 6.07) is 18.2. The fourth-order valence-corrected chi connectivity index (χ4v) is 6.06. The average molecular weight is 524 g/mol. The van der Waals surface area contributed by atoms with Crippen LogP contribution in [0.2, 0.25) is 0 Å². The van der Waals surface area contributed by atoms with Crippen molar-refractivity contribution in [2.75, 3.05) is 0 Å². The van der Waals surface area contributed by atoms with E-state index in [4.69, 9.17) is 0 Å². The third-order valence-corrected chi connectivity index (χ3v) is 7.97. The van der Waals surface area contributed by atoms with Crippen molar-refractivity contribution < 1.29 is 9.90 Å². The van der Waals surface area contributed by atoms with E-state index >= 15 is 0 Å². The fourth-order valence-electron chi connectivity index (χ4n) is 6.06. The Morgan fingerprint density at radius 2 is 1.79 bits per heavy atom. The number of amides is 1. The molecule has 1 aliphatic carbocycles. The van der Waals surface area contributed by atoms with Crippen LogP contribution in [0.3, 0.4) is 0 Å². The average Bonchev–Trinajstić information content (AvgIpc) is 3.61. The molecular weight excluding hydrogens is 490 g/mol. The summed E-state index contributed by atoms with van der Waals surface area (Å²) in [5.41, 5.74) is 9.76. The second-order valence-corrected chi connectivity index (χ2v) is 10.6. The highest BCUT2D eigenvalue weighted by Gasteiger charge is 2.27. The molecule has 2 N–H and O–H groups in total. The molecule has 0 bridgehead atoms. The molecule has 8 nitrogen and oxygen atoms in total. The number of fused-ring (bicyclic) bond motifs is 1. The van der Waals surface area contributed by atoms with Gasteiger partial charge >= 0.3 is 0 Å². The maximum atomic E-state index is 14.2. The number of carbonyl (C=O) groups excluding carboxylic acids is 1. The number of hydrogen-bond donors (Lipinski definition) is 2. The maximum absolute atomic E-state index is 14.2. The van der Waals surface area contributed by atoms with Crippen molar-refractivity contribution in [3.05, 3.63) is 93.5 Å². The zero-order chi connectivity index (χ0) is 26.9. The van der Waals surface area contributed by atoms with Gasteiger partial charge in [0, 0.05) is 29.7 Å². The molecule has 0 radical (unpaired) electrons. The summed E-state index contributed by atoms with van der Waals surface area (Å²) in [4.78, 5) is 26.2. The lowest BCUT2D eigenvalue weighted by atomic mass is 9.91. The number of nitrogens with one attached hydrogen (secondary N) is 1. The van der Waals surface area contributed by atoms with Gasteiger partial charge in [0.05, 0.1) is 30.1 Å². The third kappa shape index (κ3) is 4.81. The Morgan fingerprint density at radius 3 is 2.51 bits per heavy atom. The lowest BCUT2D eigenvalue weighted by Gasteiger charge is -2.29. The number of nitrogens with zero attached hydrogens (tertiary/aromatic N) is 4. The smallest absolute Gasteiger partial charge is 0.257 e. The standard InChI is InChI=1S/C31H33N5O3/c1-2-6-28-26(31(39)35(30-15-16-32-36(28)30)22-10-12-23(37)13-11-22)18-20-9-14-24(21-7-4-3-5-8-21)25(17-20)27-19-29(38)34-33-27/h3-5,7-9,14-17,22-23,37H,2,6,10-13,18-19H2,1H3,(H,34,38). The van der Waals surface area contributed by atoms with Gasteiger partial charge in [0.2, 0.25) is 5.91 Å². The van der Waals surface area contributed by atoms with Crippen LogP contribution < -0.4 is 11.0 Å². The Bertz CT molecular complexity index is 1610. The number of hydrazone groups is 1. The number of aromatic nitrogens is 3. The van der Waals surface area contributed by atoms with Gasteiger partial charge in [-0.15, -0.1) is 0 Å². The molecule has 1 aliphatic heterocycles. The number of aliphatic hydroxyl groups is 1. The summed E-state index contributed by atoms with van der Waals surface area (Å²) in [6.45, 7) is 2.11. The molecule has 1 fully saturated rings. The molecule has 6 rings (SSSR count). The van der Waals surface area contributed by atoms with Gasteiger partial charge in [0.25, 0.3) is 5.56 Å². The van der Waals surface area contributed by atoms with E-state index in [1.165, 1.54) is 0 Å². The molecule has 2 aliphatic rings. The monoisotopic (exact) mass is 523 g/mol. The van der Waals surface area contributed by atoms with E-state index in [1.807, 2.05) is 45.5 Å². The zero-order valence-electron chi connectivity index (χ0n) is 22.1. The first kappa shape index (κ1) is 25.2. The van der Waals surface area contributed by atoms with Crippen LogP contribution in [0.5, 0.6) is 0 Å². The van der Waals surface area contributed by atoms with E-state index in [0.29, 0.717) is 25.0 Å². The molecule has 1 amide bonds.